The van der Waals surface area contributed by atoms with E-state index in [1.54, 1.807) is 18.6 Å². The second-order valence-corrected chi connectivity index (χ2v) is 4.03. The van der Waals surface area contributed by atoms with Crippen molar-refractivity contribution >= 4 is 12.2 Å². The number of nitrogens with zero attached hydrogens (tertiary/aromatic N) is 4. The predicted molar refractivity (Wildman–Crippen MR) is 69.5 cm³/mol. The van der Waals surface area contributed by atoms with Crippen molar-refractivity contribution in [2.24, 2.45) is 0 Å². The zero-order valence-electron chi connectivity index (χ0n) is 10.2. The topological polar surface area (TPSA) is 68.6 Å². The molecule has 96 valence electrons. The van der Waals surface area contributed by atoms with E-state index < -0.39 is 0 Å². The van der Waals surface area contributed by atoms with Gasteiger partial charge in [0.15, 0.2) is 10.6 Å². The molecule has 0 radical (unpaired) electrons. The molecular formula is C11H15N5OS. The Kier molecular flexibility index (Phi) is 4.54. The molecule has 7 heteroatoms. The fourth-order valence-electron chi connectivity index (χ4n) is 1.60. The van der Waals surface area contributed by atoms with E-state index in [9.17, 15) is 0 Å². The van der Waals surface area contributed by atoms with Crippen LogP contribution in [-0.4, -0.2) is 37.9 Å². The smallest absolute Gasteiger partial charge is 0.195 e. The first-order valence-corrected chi connectivity index (χ1v) is 6.23. The van der Waals surface area contributed by atoms with Gasteiger partial charge in [-0.25, -0.2) is 4.98 Å². The van der Waals surface area contributed by atoms with E-state index >= 15 is 0 Å². The van der Waals surface area contributed by atoms with E-state index in [4.69, 9.17) is 17.0 Å². The van der Waals surface area contributed by atoms with Crippen LogP contribution in [-0.2, 0) is 11.3 Å². The van der Waals surface area contributed by atoms with Crippen LogP contribution in [0.4, 0.5) is 0 Å². The third-order valence-corrected chi connectivity index (χ3v) is 2.74. The lowest BCUT2D eigenvalue weighted by Gasteiger charge is -2.05. The average Bonchev–Trinajstić information content (AvgIpc) is 2.77. The summed E-state index contributed by atoms with van der Waals surface area (Å²) in [5.74, 6) is 0.713. The zero-order chi connectivity index (χ0) is 12.8. The van der Waals surface area contributed by atoms with Crippen molar-refractivity contribution < 1.29 is 4.74 Å². The SMILES string of the molecule is CCOCCCn1c(-c2cnccn2)n[nH]c1=S. The first kappa shape index (κ1) is 12.8. The molecule has 0 saturated heterocycles. The molecule has 2 aromatic rings. The third kappa shape index (κ3) is 2.99. The molecule has 0 saturated carbocycles. The highest BCUT2D eigenvalue weighted by molar-refractivity contribution is 7.71. The number of H-pyrrole nitrogens is 1. The van der Waals surface area contributed by atoms with Crippen molar-refractivity contribution in [1.29, 1.82) is 0 Å². The number of aromatic amines is 1. The maximum absolute atomic E-state index is 5.31. The van der Waals surface area contributed by atoms with Crippen LogP contribution in [0.5, 0.6) is 0 Å². The van der Waals surface area contributed by atoms with Crippen molar-refractivity contribution in [2.45, 2.75) is 19.9 Å². The normalized spacial score (nSPS) is 10.7. The van der Waals surface area contributed by atoms with Crippen LogP contribution >= 0.6 is 12.2 Å². The lowest BCUT2D eigenvalue weighted by Crippen LogP contribution is -2.05. The Morgan fingerprint density at radius 1 is 1.44 bits per heavy atom. The molecule has 0 aliphatic rings. The molecule has 0 unspecified atom stereocenters. The Labute approximate surface area is 110 Å². The second kappa shape index (κ2) is 6.36. The molecule has 0 bridgehead atoms. The summed E-state index contributed by atoms with van der Waals surface area (Å²) in [6.45, 7) is 4.17. The number of nitrogens with one attached hydrogen (secondary N) is 1. The molecule has 0 aromatic carbocycles. The number of hydrogen-bond donors (Lipinski definition) is 1. The summed E-state index contributed by atoms with van der Waals surface area (Å²) in [5, 5.41) is 6.97. The molecule has 6 nitrogen and oxygen atoms in total. The highest BCUT2D eigenvalue weighted by atomic mass is 32.1. The van der Waals surface area contributed by atoms with Gasteiger partial charge in [0.25, 0.3) is 0 Å². The van der Waals surface area contributed by atoms with Gasteiger partial charge in [0.05, 0.1) is 6.20 Å². The maximum atomic E-state index is 5.31. The lowest BCUT2D eigenvalue weighted by atomic mass is 10.4. The quantitative estimate of drug-likeness (QED) is 0.637. The summed E-state index contributed by atoms with van der Waals surface area (Å²) in [6, 6.07) is 0. The molecule has 1 N–H and O–H groups in total. The molecule has 0 amide bonds. The summed E-state index contributed by atoms with van der Waals surface area (Å²) >= 11 is 5.21. The minimum Gasteiger partial charge on any atom is -0.382 e. The van der Waals surface area contributed by atoms with Crippen LogP contribution in [0, 0.1) is 4.77 Å². The second-order valence-electron chi connectivity index (χ2n) is 3.65. The number of ether oxygens (including phenoxy) is 1. The summed E-state index contributed by atoms with van der Waals surface area (Å²) in [5.41, 5.74) is 0.709. The molecule has 18 heavy (non-hydrogen) atoms. The Balaban J connectivity index is 2.15. The minimum atomic E-state index is 0.590. The van der Waals surface area contributed by atoms with Gasteiger partial charge in [-0.2, -0.15) is 5.10 Å². The Bertz CT molecular complexity index is 536. The van der Waals surface area contributed by atoms with Crippen molar-refractivity contribution in [2.75, 3.05) is 13.2 Å². The highest BCUT2D eigenvalue weighted by Gasteiger charge is 2.09. The van der Waals surface area contributed by atoms with E-state index in [2.05, 4.69) is 20.2 Å². The summed E-state index contributed by atoms with van der Waals surface area (Å²) in [6.07, 6.45) is 5.82. The monoisotopic (exact) mass is 265 g/mol. The summed E-state index contributed by atoms with van der Waals surface area (Å²) in [4.78, 5) is 8.26. The summed E-state index contributed by atoms with van der Waals surface area (Å²) in [7, 11) is 0. The number of hydrogen-bond acceptors (Lipinski definition) is 5. The van der Waals surface area contributed by atoms with Crippen LogP contribution in [0.25, 0.3) is 11.5 Å². The van der Waals surface area contributed by atoms with Crippen molar-refractivity contribution in [3.8, 4) is 11.5 Å². The molecule has 0 aliphatic heterocycles. The zero-order valence-corrected chi connectivity index (χ0v) is 11.0. The van der Waals surface area contributed by atoms with Gasteiger partial charge < -0.3 is 4.74 Å². The molecule has 0 aliphatic carbocycles. The van der Waals surface area contributed by atoms with E-state index in [0.29, 0.717) is 22.9 Å². The molecule has 2 heterocycles. The average molecular weight is 265 g/mol. The van der Waals surface area contributed by atoms with Crippen LogP contribution in [0.3, 0.4) is 0 Å². The van der Waals surface area contributed by atoms with Gasteiger partial charge in [-0.05, 0) is 25.6 Å². The first-order chi connectivity index (χ1) is 8.83. The van der Waals surface area contributed by atoms with E-state index in [0.717, 1.165) is 19.6 Å². The fraction of sp³-hybridized carbons (Fsp3) is 0.455. The van der Waals surface area contributed by atoms with Crippen molar-refractivity contribution in [3.63, 3.8) is 0 Å². The Morgan fingerprint density at radius 2 is 2.33 bits per heavy atom. The Morgan fingerprint density at radius 3 is 3.06 bits per heavy atom. The number of rotatable bonds is 6. The van der Waals surface area contributed by atoms with Crippen molar-refractivity contribution in [1.82, 2.24) is 24.7 Å². The third-order valence-electron chi connectivity index (χ3n) is 2.43. The predicted octanol–water partition coefficient (Wildman–Crippen LogP) is 1.82. The summed E-state index contributed by atoms with van der Waals surface area (Å²) < 4.78 is 7.82. The molecular weight excluding hydrogens is 250 g/mol. The van der Waals surface area contributed by atoms with Gasteiger partial charge in [-0.1, -0.05) is 0 Å². The van der Waals surface area contributed by atoms with E-state index in [1.807, 2.05) is 11.5 Å². The van der Waals surface area contributed by atoms with Crippen LogP contribution in [0.2, 0.25) is 0 Å². The van der Waals surface area contributed by atoms with Crippen LogP contribution in [0.15, 0.2) is 18.6 Å². The van der Waals surface area contributed by atoms with Crippen molar-refractivity contribution in [3.05, 3.63) is 23.4 Å². The van der Waals surface area contributed by atoms with E-state index in [-0.39, 0.29) is 0 Å². The maximum Gasteiger partial charge on any atom is 0.195 e. The fourth-order valence-corrected chi connectivity index (χ4v) is 1.83. The molecule has 2 aromatic heterocycles. The van der Waals surface area contributed by atoms with Crippen LogP contribution in [0.1, 0.15) is 13.3 Å². The highest BCUT2D eigenvalue weighted by Crippen LogP contribution is 2.13. The largest absolute Gasteiger partial charge is 0.382 e. The molecule has 0 atom stereocenters. The molecule has 2 rings (SSSR count). The van der Waals surface area contributed by atoms with Gasteiger partial charge in [0.2, 0.25) is 0 Å². The van der Waals surface area contributed by atoms with Gasteiger partial charge in [-0.3, -0.25) is 14.6 Å². The van der Waals surface area contributed by atoms with Crippen LogP contribution < -0.4 is 0 Å². The van der Waals surface area contributed by atoms with Gasteiger partial charge in [0, 0.05) is 32.2 Å². The lowest BCUT2D eigenvalue weighted by molar-refractivity contribution is 0.141. The van der Waals surface area contributed by atoms with Gasteiger partial charge in [0.1, 0.15) is 5.69 Å². The molecule has 0 spiro atoms. The van der Waals surface area contributed by atoms with Gasteiger partial charge in [-0.15, -0.1) is 0 Å². The molecule has 0 fully saturated rings. The standard InChI is InChI=1S/C11H15N5OS/c1-2-17-7-3-6-16-10(14-15-11(16)18)9-8-12-4-5-13-9/h4-5,8H,2-3,6-7H2,1H3,(H,15,18). The van der Waals surface area contributed by atoms with Gasteiger partial charge >= 0.3 is 0 Å². The minimum absolute atomic E-state index is 0.590. The Hall–Kier alpha value is -1.60. The number of aromatic nitrogens is 5. The van der Waals surface area contributed by atoms with E-state index in [1.165, 1.54) is 0 Å². The first-order valence-electron chi connectivity index (χ1n) is 5.82.